The zero-order valence-corrected chi connectivity index (χ0v) is 23.3. The van der Waals surface area contributed by atoms with Crippen molar-refractivity contribution in [1.29, 1.82) is 0 Å². The Morgan fingerprint density at radius 3 is 2.02 bits per heavy atom. The molecule has 0 atom stereocenters. The summed E-state index contributed by atoms with van der Waals surface area (Å²) in [6.45, 7) is 4.98. The Morgan fingerprint density at radius 2 is 1.41 bits per heavy atom. The molecule has 0 bridgehead atoms. The van der Waals surface area contributed by atoms with Crippen molar-refractivity contribution in [2.24, 2.45) is 0 Å². The van der Waals surface area contributed by atoms with Crippen LogP contribution in [0.5, 0.6) is 0 Å². The molecule has 212 valence electrons. The highest BCUT2D eigenvalue weighted by atomic mass is 32.1. The van der Waals surface area contributed by atoms with E-state index in [1.54, 1.807) is 30.3 Å². The molecule has 4 heterocycles. The standard InChI is InChI=1S/C29H29N5O6S/c1-38-29(37)24-18-23-25(41-24)26(30-27(35)19-6-2-4-8-21(19)32-10-14-39-15-11-32)31-34(23)28(36)20-7-3-5-9-22(20)33-12-16-40-17-13-33/h2-9,18H,10-17H2,1H3,(H,30,31,35). The first-order valence-corrected chi connectivity index (χ1v) is 14.2. The molecule has 41 heavy (non-hydrogen) atoms. The molecule has 2 aliphatic heterocycles. The van der Waals surface area contributed by atoms with Crippen LogP contribution in [0.4, 0.5) is 17.2 Å². The number of methoxy groups -OCH3 is 1. The number of aromatic nitrogens is 2. The Hall–Kier alpha value is -4.26. The summed E-state index contributed by atoms with van der Waals surface area (Å²) in [6, 6.07) is 16.3. The van der Waals surface area contributed by atoms with Crippen LogP contribution in [0.15, 0.2) is 54.6 Å². The number of carbonyl (C=O) groups is 3. The van der Waals surface area contributed by atoms with E-state index in [0.29, 0.717) is 78.8 Å². The van der Waals surface area contributed by atoms with Crippen molar-refractivity contribution >= 4 is 56.5 Å². The van der Waals surface area contributed by atoms with Crippen LogP contribution in [0, 0.1) is 0 Å². The molecule has 2 aromatic carbocycles. The number of ether oxygens (including phenoxy) is 3. The van der Waals surface area contributed by atoms with E-state index in [1.807, 2.05) is 24.3 Å². The largest absolute Gasteiger partial charge is 0.465 e. The quantitative estimate of drug-likeness (QED) is 0.345. The molecule has 4 aromatic rings. The molecule has 0 aliphatic carbocycles. The molecule has 0 saturated carbocycles. The van der Waals surface area contributed by atoms with E-state index in [1.165, 1.54) is 11.8 Å². The van der Waals surface area contributed by atoms with Crippen LogP contribution in [0.1, 0.15) is 30.4 Å². The summed E-state index contributed by atoms with van der Waals surface area (Å²) in [5.74, 6) is -1.08. The maximum Gasteiger partial charge on any atom is 0.348 e. The highest BCUT2D eigenvalue weighted by Crippen LogP contribution is 2.34. The van der Waals surface area contributed by atoms with Gasteiger partial charge in [-0.2, -0.15) is 4.68 Å². The van der Waals surface area contributed by atoms with E-state index >= 15 is 0 Å². The topological polar surface area (TPSA) is 115 Å². The lowest BCUT2D eigenvalue weighted by atomic mass is 10.1. The summed E-state index contributed by atoms with van der Waals surface area (Å²) in [5, 5.41) is 7.47. The second-order valence-corrected chi connectivity index (χ2v) is 10.6. The van der Waals surface area contributed by atoms with E-state index < -0.39 is 5.97 Å². The number of nitrogens with zero attached hydrogens (tertiary/aromatic N) is 4. The molecule has 2 aliphatic rings. The molecule has 12 heteroatoms. The number of hydrogen-bond acceptors (Lipinski definition) is 10. The van der Waals surface area contributed by atoms with Gasteiger partial charge in [0.05, 0.1) is 54.9 Å². The number of amides is 1. The maximum absolute atomic E-state index is 14.0. The van der Waals surface area contributed by atoms with Crippen LogP contribution < -0.4 is 15.1 Å². The predicted octanol–water partition coefficient (Wildman–Crippen LogP) is 3.50. The zero-order chi connectivity index (χ0) is 28.3. The summed E-state index contributed by atoms with van der Waals surface area (Å²) < 4.78 is 17.6. The molecule has 2 aromatic heterocycles. The first kappa shape index (κ1) is 26.9. The number of fused-ring (bicyclic) bond motifs is 1. The number of morpholine rings is 2. The number of anilines is 3. The van der Waals surface area contributed by atoms with Gasteiger partial charge in [0.2, 0.25) is 0 Å². The fourth-order valence-corrected chi connectivity index (χ4v) is 6.11. The van der Waals surface area contributed by atoms with Gasteiger partial charge in [-0.3, -0.25) is 9.59 Å². The second kappa shape index (κ2) is 11.7. The Kier molecular flexibility index (Phi) is 7.68. The molecule has 2 saturated heterocycles. The molecule has 11 nitrogen and oxygen atoms in total. The van der Waals surface area contributed by atoms with E-state index in [9.17, 15) is 14.4 Å². The van der Waals surface area contributed by atoms with Crippen molar-refractivity contribution < 1.29 is 28.6 Å². The number of para-hydroxylation sites is 2. The van der Waals surface area contributed by atoms with Crippen molar-refractivity contribution in [3.8, 4) is 0 Å². The van der Waals surface area contributed by atoms with Gasteiger partial charge >= 0.3 is 5.97 Å². The maximum atomic E-state index is 14.0. The van der Waals surface area contributed by atoms with Crippen molar-refractivity contribution in [3.05, 3.63) is 70.6 Å². The third-order valence-corrected chi connectivity index (χ3v) is 8.26. The van der Waals surface area contributed by atoms with E-state index in [-0.39, 0.29) is 17.6 Å². The van der Waals surface area contributed by atoms with Gasteiger partial charge in [-0.1, -0.05) is 24.3 Å². The van der Waals surface area contributed by atoms with Crippen LogP contribution in [0.25, 0.3) is 10.2 Å². The molecule has 1 amide bonds. The average Bonchev–Trinajstić information content (AvgIpc) is 3.61. The first-order chi connectivity index (χ1) is 20.0. The van der Waals surface area contributed by atoms with Crippen molar-refractivity contribution in [1.82, 2.24) is 9.78 Å². The van der Waals surface area contributed by atoms with Crippen LogP contribution >= 0.6 is 11.3 Å². The summed E-state index contributed by atoms with van der Waals surface area (Å²) in [7, 11) is 1.30. The number of esters is 1. The number of hydrogen-bond donors (Lipinski definition) is 1. The number of rotatable bonds is 6. The third-order valence-electron chi connectivity index (χ3n) is 7.15. The highest BCUT2D eigenvalue weighted by Gasteiger charge is 2.27. The fourth-order valence-electron chi connectivity index (χ4n) is 5.11. The van der Waals surface area contributed by atoms with Crippen LogP contribution in [0.2, 0.25) is 0 Å². The molecule has 0 spiro atoms. The normalized spacial score (nSPS) is 15.6. The van der Waals surface area contributed by atoms with E-state index in [0.717, 1.165) is 22.7 Å². The summed E-state index contributed by atoms with van der Waals surface area (Å²) in [5.41, 5.74) is 2.92. The van der Waals surface area contributed by atoms with Crippen molar-refractivity contribution in [2.75, 3.05) is 74.8 Å². The van der Waals surface area contributed by atoms with Gasteiger partial charge in [-0.05, 0) is 30.3 Å². The Bertz CT molecular complexity index is 1600. The lowest BCUT2D eigenvalue weighted by Crippen LogP contribution is -2.37. The molecule has 6 rings (SSSR count). The van der Waals surface area contributed by atoms with Gasteiger partial charge < -0.3 is 29.3 Å². The number of nitrogens with one attached hydrogen (secondary N) is 1. The molecule has 0 radical (unpaired) electrons. The fraction of sp³-hybridized carbons (Fsp3) is 0.310. The smallest absolute Gasteiger partial charge is 0.348 e. The summed E-state index contributed by atoms with van der Waals surface area (Å²) in [4.78, 5) is 44.6. The second-order valence-electron chi connectivity index (χ2n) is 9.57. The third kappa shape index (κ3) is 5.29. The molecular weight excluding hydrogens is 546 g/mol. The van der Waals surface area contributed by atoms with E-state index in [4.69, 9.17) is 14.2 Å². The monoisotopic (exact) mass is 575 g/mol. The Morgan fingerprint density at radius 1 is 0.854 bits per heavy atom. The number of thiophene rings is 1. The molecule has 0 unspecified atom stereocenters. The zero-order valence-electron chi connectivity index (χ0n) is 22.5. The minimum Gasteiger partial charge on any atom is -0.465 e. The minimum absolute atomic E-state index is 0.194. The molecule has 1 N–H and O–H groups in total. The van der Waals surface area contributed by atoms with Gasteiger partial charge in [0.25, 0.3) is 11.8 Å². The van der Waals surface area contributed by atoms with Crippen LogP contribution in [-0.2, 0) is 14.2 Å². The van der Waals surface area contributed by atoms with Crippen LogP contribution in [0.3, 0.4) is 0 Å². The average molecular weight is 576 g/mol. The van der Waals surface area contributed by atoms with Gasteiger partial charge in [0.15, 0.2) is 5.82 Å². The van der Waals surface area contributed by atoms with E-state index in [2.05, 4.69) is 20.2 Å². The number of carbonyl (C=O) groups excluding carboxylic acids is 3. The minimum atomic E-state index is -0.533. The highest BCUT2D eigenvalue weighted by molar-refractivity contribution is 7.21. The number of benzene rings is 2. The lowest BCUT2D eigenvalue weighted by molar-refractivity contribution is 0.0606. The summed E-state index contributed by atoms with van der Waals surface area (Å²) in [6.07, 6.45) is 0. The SMILES string of the molecule is COC(=O)c1cc2c(s1)c(NC(=O)c1ccccc1N1CCOCC1)nn2C(=O)c1ccccc1N1CCOCC1. The van der Waals surface area contributed by atoms with Gasteiger partial charge in [0, 0.05) is 37.6 Å². The lowest BCUT2D eigenvalue weighted by Gasteiger charge is -2.30. The predicted molar refractivity (Wildman–Crippen MR) is 156 cm³/mol. The Labute approximate surface area is 240 Å². The summed E-state index contributed by atoms with van der Waals surface area (Å²) >= 11 is 1.11. The van der Waals surface area contributed by atoms with Crippen LogP contribution in [-0.4, -0.2) is 87.3 Å². The Balaban J connectivity index is 1.38. The molecule has 2 fully saturated rings. The van der Waals surface area contributed by atoms with Crippen molar-refractivity contribution in [3.63, 3.8) is 0 Å². The van der Waals surface area contributed by atoms with Gasteiger partial charge in [-0.15, -0.1) is 16.4 Å². The van der Waals surface area contributed by atoms with Gasteiger partial charge in [0.1, 0.15) is 4.88 Å². The first-order valence-electron chi connectivity index (χ1n) is 13.4. The molecular formula is C29H29N5O6S. The van der Waals surface area contributed by atoms with Gasteiger partial charge in [-0.25, -0.2) is 4.79 Å². The van der Waals surface area contributed by atoms with Crippen molar-refractivity contribution in [2.45, 2.75) is 0 Å².